The molecule has 0 aliphatic carbocycles. The van der Waals surface area contributed by atoms with Crippen molar-refractivity contribution in [2.45, 2.75) is 12.7 Å². The van der Waals surface area contributed by atoms with Gasteiger partial charge in [0.2, 0.25) is 0 Å². The number of hydrogen-bond donors (Lipinski definition) is 1. The number of nitrogens with one attached hydrogen (secondary N) is 1. The summed E-state index contributed by atoms with van der Waals surface area (Å²) in [7, 11) is 0. The van der Waals surface area contributed by atoms with Gasteiger partial charge in [-0.25, -0.2) is 0 Å². The van der Waals surface area contributed by atoms with Crippen molar-refractivity contribution in [2.75, 3.05) is 0 Å². The van der Waals surface area contributed by atoms with Crippen molar-refractivity contribution >= 4 is 16.6 Å². The summed E-state index contributed by atoms with van der Waals surface area (Å²) in [6.45, 7) is 0.572. The Morgan fingerprint density at radius 1 is 1.19 bits per heavy atom. The average molecular weight is 280 g/mol. The summed E-state index contributed by atoms with van der Waals surface area (Å²) in [4.78, 5) is 13.7. The van der Waals surface area contributed by atoms with Crippen LogP contribution in [0.2, 0.25) is 0 Å². The van der Waals surface area contributed by atoms with E-state index in [-0.39, 0.29) is 16.7 Å². The monoisotopic (exact) mass is 280 g/mol. The first-order valence-electron chi connectivity index (χ1n) is 6.69. The highest BCUT2D eigenvalue weighted by Crippen LogP contribution is 2.39. The van der Waals surface area contributed by atoms with E-state index in [1.54, 1.807) is 12.1 Å². The largest absolute Gasteiger partial charge is 0.364 e. The number of non-ortho nitro benzene ring substituents is 1. The minimum atomic E-state index is -0.375. The van der Waals surface area contributed by atoms with Gasteiger partial charge in [-0.05, 0) is 17.2 Å². The zero-order valence-electron chi connectivity index (χ0n) is 11.1. The molecule has 0 saturated carbocycles. The van der Waals surface area contributed by atoms with Gasteiger partial charge in [-0.2, -0.15) is 0 Å². The Hall–Kier alpha value is -2.66. The normalized spacial score (nSPS) is 17.0. The summed E-state index contributed by atoms with van der Waals surface area (Å²) in [5.74, 6) is 0. The molecule has 4 rings (SSSR count). The van der Waals surface area contributed by atoms with Gasteiger partial charge in [-0.3, -0.25) is 10.1 Å². The predicted molar refractivity (Wildman–Crippen MR) is 78.0 cm³/mol. The fourth-order valence-corrected chi connectivity index (χ4v) is 2.90. The van der Waals surface area contributed by atoms with Crippen LogP contribution < -0.4 is 0 Å². The maximum atomic E-state index is 11.0. The number of nitro groups is 1. The first-order valence-corrected chi connectivity index (χ1v) is 6.69. The highest BCUT2D eigenvalue weighted by Gasteiger charge is 2.27. The van der Waals surface area contributed by atoms with Gasteiger partial charge >= 0.3 is 0 Å². The number of aromatic amines is 1. The summed E-state index contributed by atoms with van der Waals surface area (Å²) in [5.41, 5.74) is 4.21. The number of fused-ring (bicyclic) bond motifs is 2. The van der Waals surface area contributed by atoms with E-state index in [2.05, 4.69) is 4.98 Å². The Labute approximate surface area is 120 Å². The fraction of sp³-hybridized carbons (Fsp3) is 0.125. The van der Waals surface area contributed by atoms with Gasteiger partial charge in [0, 0.05) is 34.8 Å². The molecule has 1 N–H and O–H groups in total. The predicted octanol–water partition coefficient (Wildman–Crippen LogP) is 3.70. The lowest BCUT2D eigenvalue weighted by molar-refractivity contribution is -0.384. The van der Waals surface area contributed by atoms with E-state index in [4.69, 9.17) is 4.74 Å². The van der Waals surface area contributed by atoms with Gasteiger partial charge in [0.1, 0.15) is 6.10 Å². The molecule has 21 heavy (non-hydrogen) atoms. The number of hydrogen-bond acceptors (Lipinski definition) is 3. The summed E-state index contributed by atoms with van der Waals surface area (Å²) in [6, 6.07) is 12.9. The molecule has 1 aliphatic heterocycles. The molecule has 0 amide bonds. The third kappa shape index (κ3) is 1.82. The van der Waals surface area contributed by atoms with Crippen LogP contribution in [0.4, 0.5) is 5.69 Å². The van der Waals surface area contributed by atoms with Gasteiger partial charge < -0.3 is 9.72 Å². The van der Waals surface area contributed by atoms with Crippen LogP contribution in [0.1, 0.15) is 22.8 Å². The van der Waals surface area contributed by atoms with Crippen molar-refractivity contribution in [1.29, 1.82) is 0 Å². The minimum Gasteiger partial charge on any atom is -0.364 e. The van der Waals surface area contributed by atoms with E-state index in [1.165, 1.54) is 11.6 Å². The number of ether oxygens (including phenoxy) is 1. The minimum absolute atomic E-state index is 0.0923. The molecule has 104 valence electrons. The number of aromatic nitrogens is 1. The fourth-order valence-electron chi connectivity index (χ4n) is 2.90. The standard InChI is InChI=1S/C16H12N2O3/c19-18(20)11-5-6-15-13(7-11)14(8-17-15)16-12-4-2-1-3-10(12)9-21-16/h1-8,16-17H,9H2. The van der Waals surface area contributed by atoms with Gasteiger partial charge in [-0.1, -0.05) is 24.3 Å². The topological polar surface area (TPSA) is 68.2 Å². The molecule has 1 aliphatic rings. The lowest BCUT2D eigenvalue weighted by Crippen LogP contribution is -1.97. The van der Waals surface area contributed by atoms with Crippen LogP contribution >= 0.6 is 0 Å². The molecule has 1 atom stereocenters. The van der Waals surface area contributed by atoms with Crippen LogP contribution in [0.25, 0.3) is 10.9 Å². The molecule has 1 aromatic heterocycles. The second-order valence-electron chi connectivity index (χ2n) is 5.12. The molecule has 0 fully saturated rings. The highest BCUT2D eigenvalue weighted by molar-refractivity contribution is 5.86. The van der Waals surface area contributed by atoms with Crippen molar-refractivity contribution in [1.82, 2.24) is 4.98 Å². The summed E-state index contributed by atoms with van der Waals surface area (Å²) in [5, 5.41) is 11.8. The van der Waals surface area contributed by atoms with Crippen molar-refractivity contribution in [2.24, 2.45) is 0 Å². The van der Waals surface area contributed by atoms with E-state index in [1.807, 2.05) is 30.5 Å². The Morgan fingerprint density at radius 3 is 2.90 bits per heavy atom. The van der Waals surface area contributed by atoms with Crippen LogP contribution in [-0.4, -0.2) is 9.91 Å². The zero-order chi connectivity index (χ0) is 14.4. The maximum Gasteiger partial charge on any atom is 0.270 e. The van der Waals surface area contributed by atoms with Crippen molar-refractivity contribution in [3.63, 3.8) is 0 Å². The van der Waals surface area contributed by atoms with Crippen molar-refractivity contribution in [3.8, 4) is 0 Å². The lowest BCUT2D eigenvalue weighted by atomic mass is 9.99. The van der Waals surface area contributed by atoms with E-state index in [9.17, 15) is 10.1 Å². The second-order valence-corrected chi connectivity index (χ2v) is 5.12. The zero-order valence-corrected chi connectivity index (χ0v) is 11.1. The summed E-state index contributed by atoms with van der Waals surface area (Å²) < 4.78 is 5.89. The first kappa shape index (κ1) is 12.1. The van der Waals surface area contributed by atoms with Crippen LogP contribution in [-0.2, 0) is 11.3 Å². The van der Waals surface area contributed by atoms with Crippen molar-refractivity contribution < 1.29 is 9.66 Å². The van der Waals surface area contributed by atoms with Crippen LogP contribution in [0.15, 0.2) is 48.7 Å². The van der Waals surface area contributed by atoms with Gasteiger partial charge in [-0.15, -0.1) is 0 Å². The maximum absolute atomic E-state index is 11.0. The Balaban J connectivity index is 1.88. The Kier molecular flexibility index (Phi) is 2.55. The summed E-state index contributed by atoms with van der Waals surface area (Å²) in [6.07, 6.45) is 1.71. The van der Waals surface area contributed by atoms with Gasteiger partial charge in [0.15, 0.2) is 0 Å². The average Bonchev–Trinajstić information content (AvgIpc) is 3.09. The summed E-state index contributed by atoms with van der Waals surface area (Å²) >= 11 is 0. The molecule has 2 aromatic carbocycles. The molecular weight excluding hydrogens is 268 g/mol. The number of benzene rings is 2. The molecule has 5 nitrogen and oxygen atoms in total. The molecule has 3 aromatic rings. The van der Waals surface area contributed by atoms with Crippen LogP contribution in [0.5, 0.6) is 0 Å². The van der Waals surface area contributed by atoms with Crippen LogP contribution in [0.3, 0.4) is 0 Å². The van der Waals surface area contributed by atoms with E-state index >= 15 is 0 Å². The van der Waals surface area contributed by atoms with Crippen LogP contribution in [0, 0.1) is 10.1 Å². The quantitative estimate of drug-likeness (QED) is 0.575. The number of nitro benzene ring substituents is 1. The SMILES string of the molecule is O=[N+]([O-])c1ccc2[nH]cc(C3OCc4ccccc43)c2c1. The molecule has 0 bridgehead atoms. The first-order chi connectivity index (χ1) is 10.2. The third-order valence-electron chi connectivity index (χ3n) is 3.93. The molecular formula is C16H12N2O3. The van der Waals surface area contributed by atoms with E-state index in [0.717, 1.165) is 22.0 Å². The van der Waals surface area contributed by atoms with Crippen molar-refractivity contribution in [3.05, 3.63) is 75.5 Å². The van der Waals surface area contributed by atoms with E-state index < -0.39 is 0 Å². The Bertz CT molecular complexity index is 854. The number of nitrogens with zero attached hydrogens (tertiary/aromatic N) is 1. The van der Waals surface area contributed by atoms with E-state index in [0.29, 0.717) is 6.61 Å². The Morgan fingerprint density at radius 2 is 2.05 bits per heavy atom. The van der Waals surface area contributed by atoms with Gasteiger partial charge in [0.05, 0.1) is 11.5 Å². The smallest absolute Gasteiger partial charge is 0.270 e. The van der Waals surface area contributed by atoms with Gasteiger partial charge in [0.25, 0.3) is 5.69 Å². The molecule has 0 saturated heterocycles. The molecule has 2 heterocycles. The molecule has 5 heteroatoms. The second kappa shape index (κ2) is 4.43. The number of rotatable bonds is 2. The third-order valence-corrected chi connectivity index (χ3v) is 3.93. The molecule has 0 radical (unpaired) electrons. The molecule has 1 unspecified atom stereocenters. The highest BCUT2D eigenvalue weighted by atomic mass is 16.6. The lowest BCUT2D eigenvalue weighted by Gasteiger charge is -2.10. The molecule has 0 spiro atoms. The number of H-pyrrole nitrogens is 1.